The number of carbonyl (C=O) groups excluding carboxylic acids is 2. The highest BCUT2D eigenvalue weighted by Crippen LogP contribution is 2.22. The van der Waals surface area contributed by atoms with Gasteiger partial charge in [0, 0.05) is 12.0 Å². The van der Waals surface area contributed by atoms with Crippen molar-refractivity contribution in [2.45, 2.75) is 19.8 Å². The second kappa shape index (κ2) is 8.18. The van der Waals surface area contributed by atoms with Crippen LogP contribution in [0.2, 0.25) is 0 Å². The summed E-state index contributed by atoms with van der Waals surface area (Å²) in [6.45, 7) is 2.35. The van der Waals surface area contributed by atoms with Gasteiger partial charge in [-0.25, -0.2) is 9.78 Å². The Kier molecular flexibility index (Phi) is 5.29. The Bertz CT molecular complexity index is 995. The van der Waals surface area contributed by atoms with Crippen LogP contribution in [0.3, 0.4) is 0 Å². The Balaban J connectivity index is 1.31. The van der Waals surface area contributed by atoms with E-state index in [2.05, 4.69) is 15.3 Å². The van der Waals surface area contributed by atoms with Crippen molar-refractivity contribution in [1.29, 1.82) is 0 Å². The summed E-state index contributed by atoms with van der Waals surface area (Å²) in [7, 11) is 0. The molecule has 1 aliphatic heterocycles. The molecule has 1 aliphatic rings. The van der Waals surface area contributed by atoms with E-state index in [1.165, 1.54) is 0 Å². The molecule has 4 rings (SSSR count). The standard InChI is InChI=1S/C22H20N2O5/c1-14-19(23-21(28-14)16-5-3-2-4-6-16)11-12-27-17-9-7-15(8-10-17)13-18-20(25)24-29-22(18)26/h2-10,18H,11-13H2,1H3,(H,24,25)/t18-/m1/s1. The number of ether oxygens (including phenoxy) is 1. The average Bonchev–Trinajstić information content (AvgIpc) is 3.27. The molecule has 1 amide bonds. The Morgan fingerprint density at radius 3 is 2.52 bits per heavy atom. The van der Waals surface area contributed by atoms with Gasteiger partial charge in [0.05, 0.1) is 12.3 Å². The summed E-state index contributed by atoms with van der Waals surface area (Å²) in [5, 5.41) is 0. The van der Waals surface area contributed by atoms with Gasteiger partial charge in [-0.1, -0.05) is 30.3 Å². The number of nitrogens with one attached hydrogen (secondary N) is 1. The first-order valence-electron chi connectivity index (χ1n) is 9.34. The molecule has 7 heteroatoms. The molecule has 1 fully saturated rings. The van der Waals surface area contributed by atoms with Crippen molar-refractivity contribution in [2.24, 2.45) is 5.92 Å². The van der Waals surface area contributed by atoms with Gasteiger partial charge in [-0.05, 0) is 43.2 Å². The Morgan fingerprint density at radius 2 is 1.83 bits per heavy atom. The third-order valence-corrected chi connectivity index (χ3v) is 4.74. The number of oxazole rings is 1. The fourth-order valence-corrected chi connectivity index (χ4v) is 3.11. The smallest absolute Gasteiger partial charge is 0.345 e. The molecule has 1 N–H and O–H groups in total. The second-order valence-electron chi connectivity index (χ2n) is 6.77. The molecule has 1 saturated heterocycles. The van der Waals surface area contributed by atoms with Crippen molar-refractivity contribution in [3.05, 3.63) is 71.6 Å². The van der Waals surface area contributed by atoms with Gasteiger partial charge in [-0.15, -0.1) is 0 Å². The molecular formula is C22H20N2O5. The van der Waals surface area contributed by atoms with Crippen LogP contribution in [0, 0.1) is 12.8 Å². The third-order valence-electron chi connectivity index (χ3n) is 4.74. The lowest BCUT2D eigenvalue weighted by Gasteiger charge is -2.07. The number of hydroxylamine groups is 1. The molecule has 2 heterocycles. The zero-order valence-corrected chi connectivity index (χ0v) is 15.9. The minimum absolute atomic E-state index is 0.297. The van der Waals surface area contributed by atoms with Gasteiger partial charge in [0.2, 0.25) is 5.89 Å². The summed E-state index contributed by atoms with van der Waals surface area (Å²) in [5.41, 5.74) is 4.75. The maximum absolute atomic E-state index is 11.6. The van der Waals surface area contributed by atoms with Crippen molar-refractivity contribution >= 4 is 11.9 Å². The molecule has 3 aromatic rings. The summed E-state index contributed by atoms with van der Waals surface area (Å²) in [4.78, 5) is 32.2. The maximum Gasteiger partial charge on any atom is 0.345 e. The Labute approximate surface area is 167 Å². The van der Waals surface area contributed by atoms with Crippen LogP contribution >= 0.6 is 0 Å². The minimum atomic E-state index is -0.796. The fraction of sp³-hybridized carbons (Fsp3) is 0.227. The van der Waals surface area contributed by atoms with Crippen molar-refractivity contribution in [1.82, 2.24) is 10.5 Å². The second-order valence-corrected chi connectivity index (χ2v) is 6.77. The molecule has 148 valence electrons. The SMILES string of the molecule is Cc1oc(-c2ccccc2)nc1CCOc1ccc(C[C@@H]2C(=O)NOC2=O)cc1. The van der Waals surface area contributed by atoms with Crippen LogP contribution in [-0.4, -0.2) is 23.5 Å². The predicted molar refractivity (Wildman–Crippen MR) is 104 cm³/mol. The normalized spacial score (nSPS) is 15.8. The first kappa shape index (κ1) is 18.7. The predicted octanol–water partition coefficient (Wildman–Crippen LogP) is 3.02. The Hall–Kier alpha value is -3.61. The van der Waals surface area contributed by atoms with Crippen LogP contribution in [0.4, 0.5) is 0 Å². The van der Waals surface area contributed by atoms with Crippen LogP contribution in [0.25, 0.3) is 11.5 Å². The summed E-state index contributed by atoms with van der Waals surface area (Å²) >= 11 is 0. The summed E-state index contributed by atoms with van der Waals surface area (Å²) < 4.78 is 11.6. The highest BCUT2D eigenvalue weighted by Gasteiger charge is 2.35. The topological polar surface area (TPSA) is 90.7 Å². The van der Waals surface area contributed by atoms with E-state index < -0.39 is 17.8 Å². The third kappa shape index (κ3) is 4.29. The summed E-state index contributed by atoms with van der Waals surface area (Å²) in [6.07, 6.45) is 0.920. The Morgan fingerprint density at radius 1 is 1.07 bits per heavy atom. The molecule has 1 atom stereocenters. The van der Waals surface area contributed by atoms with Gasteiger partial charge in [0.1, 0.15) is 17.4 Å². The van der Waals surface area contributed by atoms with Crippen molar-refractivity contribution < 1.29 is 23.6 Å². The maximum atomic E-state index is 11.6. The number of carbonyl (C=O) groups is 2. The number of benzene rings is 2. The monoisotopic (exact) mass is 392 g/mol. The number of hydrogen-bond acceptors (Lipinski definition) is 6. The zero-order valence-electron chi connectivity index (χ0n) is 15.9. The van der Waals surface area contributed by atoms with Crippen molar-refractivity contribution in [2.75, 3.05) is 6.61 Å². The quantitative estimate of drug-likeness (QED) is 0.622. The van der Waals surface area contributed by atoms with E-state index >= 15 is 0 Å². The van der Waals surface area contributed by atoms with Gasteiger partial charge >= 0.3 is 5.97 Å². The van der Waals surface area contributed by atoms with Crippen LogP contribution in [0.15, 0.2) is 59.0 Å². The highest BCUT2D eigenvalue weighted by atomic mass is 16.7. The first-order valence-corrected chi connectivity index (χ1v) is 9.34. The largest absolute Gasteiger partial charge is 0.493 e. The van der Waals surface area contributed by atoms with Crippen molar-refractivity contribution in [3.8, 4) is 17.2 Å². The first-order chi connectivity index (χ1) is 14.1. The van der Waals surface area contributed by atoms with Gasteiger partial charge in [-0.3, -0.25) is 4.79 Å². The van der Waals surface area contributed by atoms with E-state index in [-0.39, 0.29) is 0 Å². The number of hydrogen-bond donors (Lipinski definition) is 1. The number of nitrogens with zero attached hydrogens (tertiary/aromatic N) is 1. The number of aryl methyl sites for hydroxylation is 1. The number of rotatable bonds is 7. The number of amides is 1. The molecule has 0 aliphatic carbocycles. The van der Waals surface area contributed by atoms with Gasteiger partial charge in [0.15, 0.2) is 0 Å². The van der Waals surface area contributed by atoms with E-state index in [0.29, 0.717) is 31.1 Å². The molecule has 0 radical (unpaired) electrons. The molecule has 0 spiro atoms. The van der Waals surface area contributed by atoms with Crippen LogP contribution in [-0.2, 0) is 27.3 Å². The molecule has 2 aromatic carbocycles. The molecule has 0 unspecified atom stereocenters. The lowest BCUT2D eigenvalue weighted by molar-refractivity contribution is -0.146. The molecule has 7 nitrogen and oxygen atoms in total. The molecule has 0 saturated carbocycles. The van der Waals surface area contributed by atoms with E-state index in [1.807, 2.05) is 61.5 Å². The van der Waals surface area contributed by atoms with Gasteiger partial charge in [-0.2, -0.15) is 5.48 Å². The summed E-state index contributed by atoms with van der Waals surface area (Å²) in [5.74, 6) is 0.343. The van der Waals surface area contributed by atoms with E-state index in [9.17, 15) is 9.59 Å². The van der Waals surface area contributed by atoms with Gasteiger partial charge in [0.25, 0.3) is 5.91 Å². The van der Waals surface area contributed by atoms with E-state index in [0.717, 1.165) is 22.6 Å². The van der Waals surface area contributed by atoms with Gasteiger partial charge < -0.3 is 14.0 Å². The molecule has 29 heavy (non-hydrogen) atoms. The van der Waals surface area contributed by atoms with Crippen molar-refractivity contribution in [3.63, 3.8) is 0 Å². The summed E-state index contributed by atoms with van der Waals surface area (Å²) in [6, 6.07) is 17.1. The lowest BCUT2D eigenvalue weighted by Crippen LogP contribution is -2.21. The van der Waals surface area contributed by atoms with E-state index in [1.54, 1.807) is 0 Å². The fourth-order valence-electron chi connectivity index (χ4n) is 3.11. The zero-order chi connectivity index (χ0) is 20.2. The minimum Gasteiger partial charge on any atom is -0.493 e. The average molecular weight is 392 g/mol. The van der Waals surface area contributed by atoms with Crippen LogP contribution in [0.1, 0.15) is 17.0 Å². The number of aromatic nitrogens is 1. The lowest BCUT2D eigenvalue weighted by atomic mass is 9.99. The van der Waals surface area contributed by atoms with Crippen LogP contribution < -0.4 is 10.2 Å². The highest BCUT2D eigenvalue weighted by molar-refractivity contribution is 6.01. The molecule has 1 aromatic heterocycles. The molecular weight excluding hydrogens is 372 g/mol. The molecule has 0 bridgehead atoms. The van der Waals surface area contributed by atoms with E-state index in [4.69, 9.17) is 9.15 Å². The van der Waals surface area contributed by atoms with Crippen LogP contribution in [0.5, 0.6) is 5.75 Å².